The number of hydrogen-bond acceptors (Lipinski definition) is 17. The zero-order valence-corrected chi connectivity index (χ0v) is 24.4. The van der Waals surface area contributed by atoms with E-state index in [1.165, 1.54) is 0 Å². The number of nitrogens with zero attached hydrogens (tertiary/aromatic N) is 3. The van der Waals surface area contributed by atoms with Gasteiger partial charge in [-0.25, -0.2) is 0 Å². The second-order valence-corrected chi connectivity index (χ2v) is 10.6. The van der Waals surface area contributed by atoms with E-state index < -0.39 is 124 Å². The van der Waals surface area contributed by atoms with Gasteiger partial charge in [-0.15, -0.1) is 0 Å². The molecule has 0 radical (unpaired) electrons. The zero-order chi connectivity index (χ0) is 33.4. The Kier molecular flexibility index (Phi) is 14.0. The molecule has 258 valence electrons. The highest BCUT2D eigenvalue weighted by Gasteiger charge is 2.54. The highest BCUT2D eigenvalue weighted by atomic mass is 16.7. The third-order valence-electron chi connectivity index (χ3n) is 7.41. The van der Waals surface area contributed by atoms with Crippen molar-refractivity contribution in [1.82, 2.24) is 10.6 Å². The maximum Gasteiger partial charge on any atom is 0.217 e. The molecule has 15 atom stereocenters. The molecule has 3 heterocycles. The largest absolute Gasteiger partial charge is 0.394 e. The van der Waals surface area contributed by atoms with E-state index in [9.17, 15) is 50.4 Å². The maximum atomic E-state index is 11.9. The van der Waals surface area contributed by atoms with Crippen LogP contribution >= 0.6 is 0 Å². The van der Waals surface area contributed by atoms with Gasteiger partial charge in [-0.3, -0.25) is 9.59 Å². The van der Waals surface area contributed by atoms with Gasteiger partial charge in [0.15, 0.2) is 18.9 Å². The van der Waals surface area contributed by atoms with Crippen LogP contribution in [0.1, 0.15) is 13.8 Å². The fourth-order valence-corrected chi connectivity index (χ4v) is 5.24. The molecular formula is C24H41N5O16. The Morgan fingerprint density at radius 1 is 0.711 bits per heavy atom. The molecule has 2 amide bonds. The van der Waals surface area contributed by atoms with Gasteiger partial charge >= 0.3 is 0 Å². The summed E-state index contributed by atoms with van der Waals surface area (Å²) < 4.78 is 33.8. The van der Waals surface area contributed by atoms with Crippen LogP contribution < -0.4 is 10.6 Å². The van der Waals surface area contributed by atoms with Crippen molar-refractivity contribution in [3.63, 3.8) is 0 Å². The van der Waals surface area contributed by atoms with Gasteiger partial charge in [0.1, 0.15) is 73.1 Å². The highest BCUT2D eigenvalue weighted by molar-refractivity contribution is 5.73. The number of rotatable bonds is 13. The fourth-order valence-electron chi connectivity index (χ4n) is 5.24. The summed E-state index contributed by atoms with van der Waals surface area (Å²) in [6.07, 6.45) is -21.1. The SMILES string of the molecule is CC(=O)NC1C(O)[C@H](O)C(CO)O[C@H]1OC1C(O)[C@H](O[C@@H]2C(CO)O[C@@H](OCCN=[N+]=[N-])C(NC(C)=O)C2O)OC(CO)[C@@H]1O. The average Bonchev–Trinajstić information content (AvgIpc) is 3.00. The van der Waals surface area contributed by atoms with Crippen molar-refractivity contribution in [1.29, 1.82) is 0 Å². The van der Waals surface area contributed by atoms with Crippen LogP contribution in [0.25, 0.3) is 10.4 Å². The molecule has 21 heteroatoms. The van der Waals surface area contributed by atoms with Crippen LogP contribution in [-0.2, 0) is 38.0 Å². The first-order valence-electron chi connectivity index (χ1n) is 14.0. The van der Waals surface area contributed by atoms with E-state index in [1.807, 2.05) is 0 Å². The number of nitrogens with one attached hydrogen (secondary N) is 2. The summed E-state index contributed by atoms with van der Waals surface area (Å²) in [5.41, 5.74) is 8.46. The van der Waals surface area contributed by atoms with Crippen LogP contribution in [0.3, 0.4) is 0 Å². The first-order valence-corrected chi connectivity index (χ1v) is 14.0. The molecule has 0 saturated carbocycles. The first-order chi connectivity index (χ1) is 21.4. The summed E-state index contributed by atoms with van der Waals surface area (Å²) in [6, 6.07) is -2.75. The second-order valence-electron chi connectivity index (χ2n) is 10.6. The molecule has 3 rings (SSSR count). The average molecular weight is 656 g/mol. The minimum Gasteiger partial charge on any atom is -0.394 e. The monoisotopic (exact) mass is 655 g/mol. The van der Waals surface area contributed by atoms with Gasteiger partial charge in [0.05, 0.1) is 26.4 Å². The molecule has 0 spiro atoms. The van der Waals surface area contributed by atoms with E-state index >= 15 is 0 Å². The standard InChI is InChI=1S/C24H41N5O16/c1-8(33)27-13-17(37)15(35)10(5-30)41-23(13)45-21-16(36)11(6-31)42-24(19(21)39)44-20-12(7-32)43-22(40-4-3-26-29-25)14(18(20)38)28-9(2)34/h10-24,30-32,35-39H,3-7H2,1-2H3,(H,27,33)(H,28,34)/t10?,11?,12?,13?,14?,15-,16+,17?,18?,19?,20-,21?,22-,23+,24+/m1/s1. The van der Waals surface area contributed by atoms with Crippen LogP contribution in [0.2, 0.25) is 0 Å². The normalized spacial score (nSPS) is 42.0. The number of ether oxygens (including phenoxy) is 6. The number of amides is 2. The number of aliphatic hydroxyl groups is 8. The zero-order valence-electron chi connectivity index (χ0n) is 24.4. The van der Waals surface area contributed by atoms with Crippen molar-refractivity contribution in [2.75, 3.05) is 33.0 Å². The number of hydrogen-bond donors (Lipinski definition) is 10. The summed E-state index contributed by atoms with van der Waals surface area (Å²) in [5.74, 6) is -1.27. The smallest absolute Gasteiger partial charge is 0.217 e. The third-order valence-corrected chi connectivity index (χ3v) is 7.41. The van der Waals surface area contributed by atoms with Crippen molar-refractivity contribution in [2.24, 2.45) is 5.11 Å². The Bertz CT molecular complexity index is 1020. The van der Waals surface area contributed by atoms with E-state index in [1.54, 1.807) is 0 Å². The summed E-state index contributed by atoms with van der Waals surface area (Å²) in [5, 5.41) is 91.8. The Morgan fingerprint density at radius 3 is 1.78 bits per heavy atom. The number of azide groups is 1. The summed E-state index contributed by atoms with van der Waals surface area (Å²) in [6.45, 7) is -0.403. The van der Waals surface area contributed by atoms with Crippen LogP contribution in [-0.4, -0.2) is 178 Å². The molecule has 3 aliphatic rings. The number of aliphatic hydroxyl groups excluding tert-OH is 8. The minimum absolute atomic E-state index is 0.111. The molecule has 3 saturated heterocycles. The quantitative estimate of drug-likeness (QED) is 0.0382. The van der Waals surface area contributed by atoms with Gasteiger partial charge in [-0.2, -0.15) is 0 Å². The van der Waals surface area contributed by atoms with Gasteiger partial charge in [0, 0.05) is 25.3 Å². The molecule has 45 heavy (non-hydrogen) atoms. The Labute approximate surface area is 256 Å². The van der Waals surface area contributed by atoms with E-state index in [0.29, 0.717) is 0 Å². The predicted octanol–water partition coefficient (Wildman–Crippen LogP) is -5.95. The van der Waals surface area contributed by atoms with Gasteiger partial charge < -0.3 is 79.9 Å². The third kappa shape index (κ3) is 8.94. The van der Waals surface area contributed by atoms with E-state index in [4.69, 9.17) is 34.0 Å². The molecule has 3 aliphatic heterocycles. The molecule has 0 aromatic carbocycles. The number of carbonyl (C=O) groups excluding carboxylic acids is 2. The van der Waals surface area contributed by atoms with Crippen LogP contribution in [0.5, 0.6) is 0 Å². The van der Waals surface area contributed by atoms with Gasteiger partial charge in [0.2, 0.25) is 11.8 Å². The fraction of sp³-hybridized carbons (Fsp3) is 0.917. The number of carbonyl (C=O) groups is 2. The molecule has 21 nitrogen and oxygen atoms in total. The lowest BCUT2D eigenvalue weighted by Crippen LogP contribution is -2.69. The van der Waals surface area contributed by atoms with Crippen molar-refractivity contribution < 1.29 is 78.9 Å². The predicted molar refractivity (Wildman–Crippen MR) is 142 cm³/mol. The summed E-state index contributed by atoms with van der Waals surface area (Å²) in [7, 11) is 0. The van der Waals surface area contributed by atoms with Gasteiger partial charge in [-0.05, 0) is 5.53 Å². The molecule has 0 bridgehead atoms. The molecule has 9 unspecified atom stereocenters. The maximum absolute atomic E-state index is 11.9. The van der Waals surface area contributed by atoms with Crippen LogP contribution in [0.15, 0.2) is 5.11 Å². The summed E-state index contributed by atoms with van der Waals surface area (Å²) >= 11 is 0. The minimum atomic E-state index is -1.94. The van der Waals surface area contributed by atoms with E-state index in [-0.39, 0.29) is 13.2 Å². The highest BCUT2D eigenvalue weighted by Crippen LogP contribution is 2.32. The molecule has 0 aromatic heterocycles. The van der Waals surface area contributed by atoms with Gasteiger partial charge in [-0.1, -0.05) is 5.11 Å². The Balaban J connectivity index is 1.85. The van der Waals surface area contributed by atoms with Crippen molar-refractivity contribution in [3.05, 3.63) is 10.4 Å². The Morgan fingerprint density at radius 2 is 1.22 bits per heavy atom. The molecule has 0 aromatic rings. The molecular weight excluding hydrogens is 614 g/mol. The molecule has 0 aliphatic carbocycles. The topological polar surface area (TPSA) is 324 Å². The molecule has 3 fully saturated rings. The molecule has 10 N–H and O–H groups in total. The van der Waals surface area contributed by atoms with Crippen molar-refractivity contribution >= 4 is 11.8 Å². The lowest BCUT2D eigenvalue weighted by Gasteiger charge is -2.49. The lowest BCUT2D eigenvalue weighted by molar-refractivity contribution is -0.369. The van der Waals surface area contributed by atoms with Gasteiger partial charge in [0.25, 0.3) is 0 Å². The van der Waals surface area contributed by atoms with Crippen LogP contribution in [0, 0.1) is 0 Å². The Hall–Kier alpha value is -2.31. The summed E-state index contributed by atoms with van der Waals surface area (Å²) in [4.78, 5) is 26.3. The first kappa shape index (κ1) is 37.2. The lowest BCUT2D eigenvalue weighted by atomic mass is 9.94. The second kappa shape index (κ2) is 17.0. The van der Waals surface area contributed by atoms with E-state index in [0.717, 1.165) is 13.8 Å². The van der Waals surface area contributed by atoms with E-state index in [2.05, 4.69) is 20.7 Å². The van der Waals surface area contributed by atoms with Crippen molar-refractivity contribution in [3.8, 4) is 0 Å². The van der Waals surface area contributed by atoms with Crippen molar-refractivity contribution in [2.45, 2.75) is 106 Å². The van der Waals surface area contributed by atoms with Crippen LogP contribution in [0.4, 0.5) is 0 Å².